The summed E-state index contributed by atoms with van der Waals surface area (Å²) < 4.78 is 12.4. The Labute approximate surface area is 188 Å². The lowest BCUT2D eigenvalue weighted by molar-refractivity contribution is 0.0594. The topological polar surface area (TPSA) is 115 Å². The van der Waals surface area contributed by atoms with E-state index >= 15 is 0 Å². The molecule has 0 fully saturated rings. The number of para-hydroxylation sites is 1. The molecule has 0 aliphatic carbocycles. The summed E-state index contributed by atoms with van der Waals surface area (Å²) >= 11 is 0. The molecule has 5 rings (SSSR count). The number of ether oxygens (including phenoxy) is 2. The Morgan fingerprint density at radius 1 is 1.12 bits per heavy atom. The number of carbonyl (C=O) groups excluding carboxylic acids is 1. The maximum absolute atomic E-state index is 12.3. The first-order chi connectivity index (χ1) is 16.2. The number of rotatable bonds is 7. The van der Waals surface area contributed by atoms with Gasteiger partial charge in [-0.15, -0.1) is 5.10 Å². The van der Waals surface area contributed by atoms with Gasteiger partial charge in [0.2, 0.25) is 0 Å². The molecule has 0 saturated heterocycles. The van der Waals surface area contributed by atoms with Gasteiger partial charge in [-0.05, 0) is 24.3 Å². The number of aliphatic hydroxyl groups excluding tert-OH is 1. The predicted molar refractivity (Wildman–Crippen MR) is 122 cm³/mol. The fraction of sp³-hybridized carbons (Fsp3) is 0.167. The summed E-state index contributed by atoms with van der Waals surface area (Å²) in [7, 11) is 1.34. The number of carbonyl (C=O) groups is 1. The van der Waals surface area contributed by atoms with Crippen LogP contribution in [-0.4, -0.2) is 49.8 Å². The van der Waals surface area contributed by atoms with Crippen molar-refractivity contribution in [1.82, 2.24) is 25.0 Å². The molecule has 0 bridgehead atoms. The molecule has 0 spiro atoms. The van der Waals surface area contributed by atoms with Gasteiger partial charge in [-0.3, -0.25) is 0 Å². The summed E-state index contributed by atoms with van der Waals surface area (Å²) in [4.78, 5) is 20.4. The van der Waals surface area contributed by atoms with Crippen molar-refractivity contribution in [2.45, 2.75) is 13.2 Å². The number of esters is 1. The Balaban J connectivity index is 1.53. The molecule has 0 aliphatic rings. The number of hydrogen-bond donors (Lipinski definition) is 2. The summed E-state index contributed by atoms with van der Waals surface area (Å²) in [6, 6.07) is 17.1. The lowest BCUT2D eigenvalue weighted by atomic mass is 10.1. The van der Waals surface area contributed by atoms with E-state index in [4.69, 9.17) is 14.6 Å². The van der Waals surface area contributed by atoms with Gasteiger partial charge >= 0.3 is 5.97 Å². The maximum atomic E-state index is 12.3. The van der Waals surface area contributed by atoms with Crippen molar-refractivity contribution in [1.29, 1.82) is 0 Å². The largest absolute Gasteiger partial charge is 0.487 e. The molecule has 3 heterocycles. The van der Waals surface area contributed by atoms with Crippen LogP contribution in [0.2, 0.25) is 0 Å². The van der Waals surface area contributed by atoms with Crippen LogP contribution < -0.4 is 4.74 Å². The minimum Gasteiger partial charge on any atom is -0.487 e. The normalized spacial score (nSPS) is 11.2. The van der Waals surface area contributed by atoms with Crippen LogP contribution in [0.25, 0.3) is 33.1 Å². The minimum absolute atomic E-state index is 0.00837. The van der Waals surface area contributed by atoms with Crippen molar-refractivity contribution >= 4 is 27.8 Å². The average molecular weight is 443 g/mol. The summed E-state index contributed by atoms with van der Waals surface area (Å²) in [6.45, 7) is 0.600. The van der Waals surface area contributed by atoms with Gasteiger partial charge in [0.25, 0.3) is 0 Å². The summed E-state index contributed by atoms with van der Waals surface area (Å²) in [5, 5.41) is 18.9. The van der Waals surface area contributed by atoms with Crippen molar-refractivity contribution in [3.05, 3.63) is 72.2 Å². The first-order valence-corrected chi connectivity index (χ1v) is 10.4. The third-order valence-electron chi connectivity index (χ3n) is 5.30. The maximum Gasteiger partial charge on any atom is 0.356 e. The van der Waals surface area contributed by atoms with Gasteiger partial charge in [0.05, 0.1) is 37.7 Å². The van der Waals surface area contributed by atoms with E-state index in [9.17, 15) is 4.79 Å². The summed E-state index contributed by atoms with van der Waals surface area (Å²) in [5.74, 6) is 0.126. The van der Waals surface area contributed by atoms with Crippen LogP contribution in [-0.2, 0) is 17.9 Å². The zero-order valence-corrected chi connectivity index (χ0v) is 17.9. The molecule has 3 aromatic heterocycles. The van der Waals surface area contributed by atoms with Gasteiger partial charge in [-0.1, -0.05) is 35.5 Å². The second-order valence-electron chi connectivity index (χ2n) is 7.45. The number of aromatic amines is 1. The number of methoxy groups -OCH3 is 1. The number of aromatic nitrogens is 5. The Morgan fingerprint density at radius 2 is 2.00 bits per heavy atom. The van der Waals surface area contributed by atoms with Crippen LogP contribution in [0.15, 0.2) is 60.8 Å². The van der Waals surface area contributed by atoms with Crippen LogP contribution in [0, 0.1) is 0 Å². The quantitative estimate of drug-likeness (QED) is 0.371. The number of hydrogen-bond acceptors (Lipinski definition) is 7. The molecular formula is C24H21N5O4. The Bertz CT molecular complexity index is 1460. The first kappa shape index (κ1) is 20.7. The number of H-pyrrole nitrogens is 1. The number of benzene rings is 2. The van der Waals surface area contributed by atoms with Gasteiger partial charge in [-0.25, -0.2) is 14.5 Å². The van der Waals surface area contributed by atoms with Crippen LogP contribution in [0.3, 0.4) is 0 Å². The summed E-state index contributed by atoms with van der Waals surface area (Å²) in [6.07, 6.45) is 1.73. The molecule has 5 aromatic rings. The van der Waals surface area contributed by atoms with Gasteiger partial charge in [-0.2, -0.15) is 0 Å². The van der Waals surface area contributed by atoms with Crippen molar-refractivity contribution in [2.75, 3.05) is 13.7 Å². The van der Waals surface area contributed by atoms with Gasteiger partial charge in [0.1, 0.15) is 23.7 Å². The lowest BCUT2D eigenvalue weighted by Crippen LogP contribution is -2.05. The fourth-order valence-electron chi connectivity index (χ4n) is 3.77. The van der Waals surface area contributed by atoms with Gasteiger partial charge in [0.15, 0.2) is 0 Å². The molecular weight excluding hydrogens is 422 g/mol. The number of aliphatic hydroxyl groups is 1. The van der Waals surface area contributed by atoms with E-state index < -0.39 is 5.97 Å². The number of pyridine rings is 1. The molecule has 0 aliphatic heterocycles. The second kappa shape index (κ2) is 8.71. The standard InChI is InChI=1S/C24H21N5O4/c1-32-24(31)21-12-19-18-7-2-3-8-20(18)25-23(19)22(26-21)15-5-4-6-17(11-15)33-14-16-13-29(9-10-30)28-27-16/h2-8,11-13,25,30H,9-10,14H2,1H3. The third-order valence-corrected chi connectivity index (χ3v) is 5.30. The van der Waals surface area contributed by atoms with Crippen molar-refractivity contribution < 1.29 is 19.4 Å². The van der Waals surface area contributed by atoms with E-state index in [1.807, 2.05) is 48.5 Å². The Kier molecular flexibility index (Phi) is 5.45. The zero-order valence-electron chi connectivity index (χ0n) is 17.9. The van der Waals surface area contributed by atoms with Crippen LogP contribution in [0.4, 0.5) is 0 Å². The SMILES string of the molecule is COC(=O)c1cc2c([nH]c3ccccc32)c(-c2cccc(OCc3cn(CCO)nn3)c2)n1. The van der Waals surface area contributed by atoms with E-state index in [2.05, 4.69) is 20.3 Å². The highest BCUT2D eigenvalue weighted by atomic mass is 16.5. The molecule has 0 atom stereocenters. The highest BCUT2D eigenvalue weighted by molar-refractivity contribution is 6.12. The zero-order chi connectivity index (χ0) is 22.8. The van der Waals surface area contributed by atoms with Crippen molar-refractivity contribution in [3.8, 4) is 17.0 Å². The lowest BCUT2D eigenvalue weighted by Gasteiger charge is -2.09. The highest BCUT2D eigenvalue weighted by Crippen LogP contribution is 2.34. The van der Waals surface area contributed by atoms with Crippen molar-refractivity contribution in [2.24, 2.45) is 0 Å². The van der Waals surface area contributed by atoms with Gasteiger partial charge < -0.3 is 19.6 Å². The molecule has 9 heteroatoms. The highest BCUT2D eigenvalue weighted by Gasteiger charge is 2.17. The molecule has 2 aromatic carbocycles. The number of fused-ring (bicyclic) bond motifs is 3. The molecule has 33 heavy (non-hydrogen) atoms. The van der Waals surface area contributed by atoms with E-state index in [0.717, 1.165) is 27.4 Å². The molecule has 0 unspecified atom stereocenters. The number of nitrogens with one attached hydrogen (secondary N) is 1. The molecule has 166 valence electrons. The molecule has 0 amide bonds. The van der Waals surface area contributed by atoms with E-state index in [1.165, 1.54) is 7.11 Å². The third kappa shape index (κ3) is 4.01. The molecule has 2 N–H and O–H groups in total. The van der Waals surface area contributed by atoms with Crippen LogP contribution >= 0.6 is 0 Å². The van der Waals surface area contributed by atoms with Crippen LogP contribution in [0.1, 0.15) is 16.2 Å². The average Bonchev–Trinajstić information content (AvgIpc) is 3.46. The Hall–Kier alpha value is -4.24. The molecule has 0 saturated carbocycles. The number of nitrogens with zero attached hydrogens (tertiary/aromatic N) is 4. The summed E-state index contributed by atoms with van der Waals surface area (Å²) in [5.41, 5.74) is 4.08. The monoisotopic (exact) mass is 443 g/mol. The fourth-order valence-corrected chi connectivity index (χ4v) is 3.77. The van der Waals surface area contributed by atoms with E-state index in [-0.39, 0.29) is 18.9 Å². The predicted octanol–water partition coefficient (Wildman–Crippen LogP) is 3.33. The molecule has 9 nitrogen and oxygen atoms in total. The van der Waals surface area contributed by atoms with Gasteiger partial charge in [0, 0.05) is 21.9 Å². The smallest absolute Gasteiger partial charge is 0.356 e. The van der Waals surface area contributed by atoms with Crippen LogP contribution in [0.5, 0.6) is 5.75 Å². The first-order valence-electron chi connectivity index (χ1n) is 10.4. The minimum atomic E-state index is -0.498. The van der Waals surface area contributed by atoms with E-state index in [1.54, 1.807) is 16.9 Å². The molecule has 0 radical (unpaired) electrons. The van der Waals surface area contributed by atoms with Crippen molar-refractivity contribution in [3.63, 3.8) is 0 Å². The van der Waals surface area contributed by atoms with E-state index in [0.29, 0.717) is 23.7 Å². The Morgan fingerprint density at radius 3 is 2.85 bits per heavy atom. The second-order valence-corrected chi connectivity index (χ2v) is 7.45.